The van der Waals surface area contributed by atoms with Gasteiger partial charge in [-0.2, -0.15) is 5.10 Å². The lowest BCUT2D eigenvalue weighted by Crippen LogP contribution is -2.14. The summed E-state index contributed by atoms with van der Waals surface area (Å²) in [6.07, 6.45) is 1.38. The highest BCUT2D eigenvalue weighted by Crippen LogP contribution is 2.29. The van der Waals surface area contributed by atoms with Crippen LogP contribution in [0, 0.1) is 10.4 Å². The molecule has 10 heteroatoms. The predicted octanol–water partition coefficient (Wildman–Crippen LogP) is 1.34. The highest BCUT2D eigenvalue weighted by Gasteiger charge is 2.07. The molecule has 20 heavy (non-hydrogen) atoms. The van der Waals surface area contributed by atoms with Crippen LogP contribution in [-0.4, -0.2) is 27.7 Å². The summed E-state index contributed by atoms with van der Waals surface area (Å²) in [6, 6.07) is 3.33. The molecule has 0 aliphatic rings. The zero-order valence-corrected chi connectivity index (χ0v) is 10.1. The van der Waals surface area contributed by atoms with Crippen LogP contribution in [0.2, 0.25) is 0 Å². The summed E-state index contributed by atoms with van der Waals surface area (Å²) in [5, 5.41) is 50.2. The van der Waals surface area contributed by atoms with Crippen molar-refractivity contribution in [2.75, 3.05) is 15.9 Å². The lowest BCUT2D eigenvalue weighted by molar-refractivity contribution is -0.136. The first-order valence-electron chi connectivity index (χ1n) is 5.37. The fraction of sp³-hybridized carbons (Fsp3) is 0.200. The number of carboxylic acid groups (broad SMARTS) is 1. The molecule has 0 aliphatic carbocycles. The molecule has 1 aromatic carbocycles. The van der Waals surface area contributed by atoms with E-state index in [1.165, 1.54) is 12.3 Å². The van der Waals surface area contributed by atoms with Crippen molar-refractivity contribution in [3.05, 3.63) is 28.6 Å². The molecule has 0 fully saturated rings. The summed E-state index contributed by atoms with van der Waals surface area (Å²) in [6.45, 7) is 0. The number of rotatable bonds is 7. The van der Waals surface area contributed by atoms with Crippen LogP contribution in [0.4, 0.5) is 17.1 Å². The molecule has 0 aromatic heterocycles. The third-order valence-corrected chi connectivity index (χ3v) is 2.17. The molecule has 0 bridgehead atoms. The number of anilines is 3. The first-order chi connectivity index (χ1) is 9.41. The van der Waals surface area contributed by atoms with Crippen molar-refractivity contribution < 1.29 is 20.3 Å². The maximum Gasteiger partial charge on any atom is 0.303 e. The number of carboxylic acids is 1. The number of benzene rings is 1. The predicted molar refractivity (Wildman–Crippen MR) is 70.7 cm³/mol. The Morgan fingerprint density at radius 2 is 2.10 bits per heavy atom. The molecule has 1 aromatic rings. The second-order valence-corrected chi connectivity index (χ2v) is 3.60. The Kier molecular flexibility index (Phi) is 5.68. The number of aliphatic carboxylic acids is 1. The molecule has 0 saturated carbocycles. The van der Waals surface area contributed by atoms with Crippen LogP contribution in [-0.2, 0) is 4.79 Å². The number of carbonyl (C=O) groups is 1. The van der Waals surface area contributed by atoms with Crippen LogP contribution in [0.1, 0.15) is 12.8 Å². The number of hydrogen-bond donors (Lipinski definition) is 4. The summed E-state index contributed by atoms with van der Waals surface area (Å²) in [4.78, 5) is 10.3. The third-order valence-electron chi connectivity index (χ3n) is 2.17. The maximum absolute atomic E-state index is 10.6. The van der Waals surface area contributed by atoms with Gasteiger partial charge in [0.15, 0.2) is 0 Å². The van der Waals surface area contributed by atoms with Gasteiger partial charge in [-0.1, -0.05) is 0 Å². The van der Waals surface area contributed by atoms with E-state index in [-0.39, 0.29) is 35.1 Å². The van der Waals surface area contributed by atoms with E-state index < -0.39 is 11.2 Å². The summed E-state index contributed by atoms with van der Waals surface area (Å²) < 4.78 is 0. The Morgan fingerprint density at radius 3 is 2.65 bits per heavy atom. The van der Waals surface area contributed by atoms with E-state index in [0.717, 1.165) is 12.1 Å². The van der Waals surface area contributed by atoms with Gasteiger partial charge < -0.3 is 20.7 Å². The van der Waals surface area contributed by atoms with Crippen molar-refractivity contribution in [1.82, 2.24) is 0 Å². The lowest BCUT2D eigenvalue weighted by Gasteiger charge is -2.37. The van der Waals surface area contributed by atoms with Crippen molar-refractivity contribution in [2.45, 2.75) is 12.8 Å². The summed E-state index contributed by atoms with van der Waals surface area (Å²) in [5.74, 6) is -0.968. The van der Waals surface area contributed by atoms with Gasteiger partial charge in [0.2, 0.25) is 0 Å². The second-order valence-electron chi connectivity index (χ2n) is 3.60. The Bertz CT molecular complexity index is 491. The Balaban J connectivity index is 2.76. The van der Waals surface area contributed by atoms with E-state index in [1.807, 2.05) is 0 Å². The van der Waals surface area contributed by atoms with E-state index in [2.05, 4.69) is 10.5 Å². The minimum Gasteiger partial charge on any atom is -0.769 e. The Labute approximate surface area is 113 Å². The van der Waals surface area contributed by atoms with Crippen LogP contribution in [0.25, 0.3) is 0 Å². The van der Waals surface area contributed by atoms with Gasteiger partial charge in [0.1, 0.15) is 5.69 Å². The van der Waals surface area contributed by atoms with Crippen LogP contribution in [0.15, 0.2) is 23.3 Å². The fourth-order valence-corrected chi connectivity index (χ4v) is 1.26. The SMILES string of the molecule is O=C(O)CCC=NNc1ccc(N([O-])[O-])cc1N(O)O. The van der Waals surface area contributed by atoms with Gasteiger partial charge in [-0.25, -0.2) is 0 Å². The average Bonchev–Trinajstić information content (AvgIpc) is 2.37. The van der Waals surface area contributed by atoms with Crippen LogP contribution in [0.5, 0.6) is 0 Å². The van der Waals surface area contributed by atoms with Crippen molar-refractivity contribution in [2.24, 2.45) is 5.10 Å². The van der Waals surface area contributed by atoms with Crippen LogP contribution >= 0.6 is 0 Å². The molecular weight excluding hydrogens is 272 g/mol. The highest BCUT2D eigenvalue weighted by atomic mass is 16.8. The monoisotopic (exact) mass is 284 g/mol. The molecule has 0 radical (unpaired) electrons. The van der Waals surface area contributed by atoms with Gasteiger partial charge in [-0.3, -0.25) is 20.6 Å². The first kappa shape index (κ1) is 15.7. The standard InChI is InChI=1S/C10H12N4O6/c15-10(16)2-1-5-11-12-8-4-3-7(13(17)18)6-9(8)14(19)20/h3-6,12,19-20H,1-2H2,(H,15,16)/q-2. The molecule has 0 aliphatic heterocycles. The van der Waals surface area contributed by atoms with Crippen LogP contribution in [0.3, 0.4) is 0 Å². The van der Waals surface area contributed by atoms with Crippen LogP contribution < -0.4 is 15.9 Å². The number of nitrogens with one attached hydrogen (secondary N) is 1. The fourth-order valence-electron chi connectivity index (χ4n) is 1.26. The lowest BCUT2D eigenvalue weighted by atomic mass is 10.2. The van der Waals surface area contributed by atoms with E-state index in [9.17, 15) is 15.2 Å². The van der Waals surface area contributed by atoms with Gasteiger partial charge in [0.25, 0.3) is 0 Å². The molecule has 10 nitrogen and oxygen atoms in total. The van der Waals surface area contributed by atoms with Gasteiger partial charge in [-0.15, -0.1) is 5.23 Å². The summed E-state index contributed by atoms with van der Waals surface area (Å²) in [5.41, 5.74) is 1.94. The second kappa shape index (κ2) is 7.25. The Morgan fingerprint density at radius 1 is 1.40 bits per heavy atom. The molecule has 4 N–H and O–H groups in total. The van der Waals surface area contributed by atoms with Crippen molar-refractivity contribution in [3.8, 4) is 0 Å². The maximum atomic E-state index is 10.6. The molecule has 0 atom stereocenters. The van der Waals surface area contributed by atoms with Gasteiger partial charge in [-0.05, 0) is 24.6 Å². The highest BCUT2D eigenvalue weighted by molar-refractivity contribution is 5.75. The van der Waals surface area contributed by atoms with E-state index in [4.69, 9.17) is 15.5 Å². The zero-order valence-electron chi connectivity index (χ0n) is 10.1. The van der Waals surface area contributed by atoms with Crippen molar-refractivity contribution in [3.63, 3.8) is 0 Å². The quantitative estimate of drug-likeness (QED) is 0.428. The topological polar surface area (TPSA) is 155 Å². The van der Waals surface area contributed by atoms with E-state index >= 15 is 0 Å². The molecule has 0 unspecified atom stereocenters. The van der Waals surface area contributed by atoms with Gasteiger partial charge >= 0.3 is 5.97 Å². The molecule has 0 saturated heterocycles. The first-order valence-corrected chi connectivity index (χ1v) is 5.37. The number of hydrogen-bond acceptors (Lipinski definition) is 9. The molecule has 110 valence electrons. The van der Waals surface area contributed by atoms with E-state index in [0.29, 0.717) is 0 Å². The molecule has 0 amide bonds. The smallest absolute Gasteiger partial charge is 0.303 e. The summed E-state index contributed by atoms with van der Waals surface area (Å²) in [7, 11) is 0. The zero-order chi connectivity index (χ0) is 15.1. The largest absolute Gasteiger partial charge is 0.769 e. The minimum atomic E-state index is -0.968. The van der Waals surface area contributed by atoms with Gasteiger partial charge in [0, 0.05) is 11.9 Å². The van der Waals surface area contributed by atoms with Gasteiger partial charge in [0.05, 0.1) is 12.1 Å². The summed E-state index contributed by atoms with van der Waals surface area (Å²) >= 11 is 0. The number of nitrogens with zero attached hydrogens (tertiary/aromatic N) is 3. The normalized spacial score (nSPS) is 10.6. The van der Waals surface area contributed by atoms with Crippen molar-refractivity contribution >= 4 is 29.2 Å². The minimum absolute atomic E-state index is 0.0928. The molecular formula is C10H12N4O6-2. The average molecular weight is 284 g/mol. The molecule has 0 heterocycles. The number of hydrazone groups is 1. The third kappa shape index (κ3) is 4.70. The molecule has 0 spiro atoms. The molecule has 1 rings (SSSR count). The Hall–Kier alpha value is -2.40. The van der Waals surface area contributed by atoms with E-state index in [1.54, 1.807) is 0 Å². The van der Waals surface area contributed by atoms with Crippen molar-refractivity contribution in [1.29, 1.82) is 0 Å².